The molecule has 9 nitrogen and oxygen atoms in total. The molecule has 0 unspecified atom stereocenters. The Morgan fingerprint density at radius 2 is 1.94 bits per heavy atom. The van der Waals surface area contributed by atoms with Crippen LogP contribution in [-0.2, 0) is 4.74 Å². The molecule has 0 spiro atoms. The highest BCUT2D eigenvalue weighted by atomic mass is 32.1. The Morgan fingerprint density at radius 1 is 1.06 bits per heavy atom. The number of anilines is 3. The molecule has 1 saturated heterocycles. The smallest absolute Gasteiger partial charge is 0.293 e. The Kier molecular flexibility index (Phi) is 5.53. The van der Waals surface area contributed by atoms with E-state index in [-0.39, 0.29) is 17.6 Å². The molecule has 4 aromatic rings. The van der Waals surface area contributed by atoms with Gasteiger partial charge in [-0.25, -0.2) is 4.98 Å². The third-order valence-corrected chi connectivity index (χ3v) is 5.89. The van der Waals surface area contributed by atoms with Crippen LogP contribution in [0, 0.1) is 0 Å². The van der Waals surface area contributed by atoms with Crippen LogP contribution >= 0.6 is 11.3 Å². The molecule has 2 N–H and O–H groups in total. The Labute approximate surface area is 187 Å². The second-order valence-corrected chi connectivity index (χ2v) is 8.12. The molecule has 1 aromatic carbocycles. The first-order chi connectivity index (χ1) is 15.7. The van der Waals surface area contributed by atoms with Gasteiger partial charge in [0.25, 0.3) is 11.8 Å². The number of nitrogens with one attached hydrogen (secondary N) is 2. The van der Waals surface area contributed by atoms with Gasteiger partial charge in [-0.15, -0.1) is 0 Å². The lowest BCUT2D eigenvalue weighted by atomic mass is 10.2. The lowest BCUT2D eigenvalue weighted by Gasteiger charge is -2.29. The first-order valence-electron chi connectivity index (χ1n) is 10.0. The van der Waals surface area contributed by atoms with E-state index >= 15 is 0 Å². The van der Waals surface area contributed by atoms with Gasteiger partial charge in [-0.1, -0.05) is 11.3 Å². The minimum absolute atomic E-state index is 0.210. The monoisotopic (exact) mass is 449 g/mol. The van der Waals surface area contributed by atoms with E-state index in [0.717, 1.165) is 15.9 Å². The van der Waals surface area contributed by atoms with Gasteiger partial charge in [0.2, 0.25) is 0 Å². The van der Waals surface area contributed by atoms with Crippen LogP contribution in [0.5, 0.6) is 0 Å². The Bertz CT molecular complexity index is 1250. The zero-order valence-electron chi connectivity index (χ0n) is 16.9. The van der Waals surface area contributed by atoms with Crippen LogP contribution in [0.2, 0.25) is 0 Å². The number of morpholine rings is 1. The van der Waals surface area contributed by atoms with Gasteiger partial charge in [-0.3, -0.25) is 19.9 Å². The number of rotatable bonds is 5. The minimum Gasteiger partial charge on any atom is -0.459 e. The number of hydrogen-bond donors (Lipinski definition) is 2. The summed E-state index contributed by atoms with van der Waals surface area (Å²) in [5.41, 5.74) is 2.74. The standard InChI is InChI=1S/C22H19N5O4S/c28-20(14-3-1-5-23-13-14)24-15-11-16(27-6-9-30-10-7-27)19-18(12-15)32-22(25-19)26-21(29)17-4-2-8-31-17/h1-5,8,11-13H,6-7,9-10H2,(H,24,28)(H,25,26,29). The predicted octanol–water partition coefficient (Wildman–Crippen LogP) is 3.63. The van der Waals surface area contributed by atoms with Gasteiger partial charge >= 0.3 is 0 Å². The molecule has 5 rings (SSSR count). The van der Waals surface area contributed by atoms with Gasteiger partial charge < -0.3 is 19.4 Å². The minimum atomic E-state index is -0.368. The summed E-state index contributed by atoms with van der Waals surface area (Å²) in [4.78, 5) is 35.9. The van der Waals surface area contributed by atoms with E-state index in [1.54, 1.807) is 30.5 Å². The van der Waals surface area contributed by atoms with E-state index < -0.39 is 0 Å². The predicted molar refractivity (Wildman–Crippen MR) is 122 cm³/mol. The molecule has 1 aliphatic heterocycles. The summed E-state index contributed by atoms with van der Waals surface area (Å²) in [6.07, 6.45) is 4.59. The maximum Gasteiger partial charge on any atom is 0.293 e. The Balaban J connectivity index is 1.49. The van der Waals surface area contributed by atoms with Crippen LogP contribution in [0.3, 0.4) is 0 Å². The van der Waals surface area contributed by atoms with Gasteiger partial charge in [-0.2, -0.15) is 0 Å². The number of nitrogens with zero attached hydrogens (tertiary/aromatic N) is 3. The number of hydrogen-bond acceptors (Lipinski definition) is 8. The summed E-state index contributed by atoms with van der Waals surface area (Å²) in [6.45, 7) is 2.64. The molecular weight excluding hydrogens is 430 g/mol. The summed E-state index contributed by atoms with van der Waals surface area (Å²) in [5, 5.41) is 6.18. The molecule has 0 saturated carbocycles. The number of benzene rings is 1. The molecule has 10 heteroatoms. The van der Waals surface area contributed by atoms with Crippen LogP contribution in [-0.4, -0.2) is 48.1 Å². The van der Waals surface area contributed by atoms with Gasteiger partial charge in [-0.05, 0) is 36.4 Å². The highest BCUT2D eigenvalue weighted by molar-refractivity contribution is 7.22. The van der Waals surface area contributed by atoms with Crippen LogP contribution in [0.15, 0.2) is 59.5 Å². The van der Waals surface area contributed by atoms with E-state index in [9.17, 15) is 9.59 Å². The molecule has 0 bridgehead atoms. The summed E-state index contributed by atoms with van der Waals surface area (Å²) in [6, 6.07) is 10.4. The van der Waals surface area contributed by atoms with Crippen molar-refractivity contribution in [3.63, 3.8) is 0 Å². The zero-order valence-corrected chi connectivity index (χ0v) is 17.7. The van der Waals surface area contributed by atoms with Crippen LogP contribution in [0.4, 0.5) is 16.5 Å². The number of pyridine rings is 1. The average molecular weight is 449 g/mol. The fourth-order valence-corrected chi connectivity index (χ4v) is 4.37. The van der Waals surface area contributed by atoms with Gasteiger partial charge in [0.1, 0.15) is 5.52 Å². The summed E-state index contributed by atoms with van der Waals surface area (Å²) >= 11 is 1.33. The second-order valence-electron chi connectivity index (χ2n) is 7.09. The molecule has 0 radical (unpaired) electrons. The van der Waals surface area contributed by atoms with Crippen LogP contribution in [0.25, 0.3) is 10.2 Å². The maximum absolute atomic E-state index is 12.7. The zero-order chi connectivity index (χ0) is 21.9. The van der Waals surface area contributed by atoms with Crippen molar-refractivity contribution >= 4 is 49.9 Å². The molecule has 1 aliphatic rings. The van der Waals surface area contributed by atoms with Crippen molar-refractivity contribution in [2.45, 2.75) is 0 Å². The second kappa shape index (κ2) is 8.77. The SMILES string of the molecule is O=C(Nc1cc(N2CCOCC2)c2nc(NC(=O)c3ccco3)sc2c1)c1cccnc1. The highest BCUT2D eigenvalue weighted by Gasteiger charge is 2.20. The number of thiazole rings is 1. The molecule has 2 amide bonds. The molecule has 3 aromatic heterocycles. The number of amides is 2. The van der Waals surface area contributed by atoms with Crippen molar-refractivity contribution in [2.75, 3.05) is 41.8 Å². The fraction of sp³-hybridized carbons (Fsp3) is 0.182. The van der Waals surface area contributed by atoms with Crippen molar-refractivity contribution in [1.82, 2.24) is 9.97 Å². The molecule has 162 valence electrons. The number of furan rings is 1. The largest absolute Gasteiger partial charge is 0.459 e. The molecule has 32 heavy (non-hydrogen) atoms. The molecule has 0 aliphatic carbocycles. The van der Waals surface area contributed by atoms with Crippen molar-refractivity contribution in [2.24, 2.45) is 0 Å². The van der Waals surface area contributed by atoms with Crippen LogP contribution in [0.1, 0.15) is 20.9 Å². The van der Waals surface area contributed by atoms with Crippen molar-refractivity contribution in [3.8, 4) is 0 Å². The van der Waals surface area contributed by atoms with Gasteiger partial charge in [0, 0.05) is 31.2 Å². The molecule has 1 fully saturated rings. The summed E-state index contributed by atoms with van der Waals surface area (Å²) in [7, 11) is 0. The Morgan fingerprint density at radius 3 is 2.69 bits per heavy atom. The van der Waals surface area contributed by atoms with Crippen LogP contribution < -0.4 is 15.5 Å². The number of fused-ring (bicyclic) bond motifs is 1. The van der Waals surface area contributed by atoms with E-state index in [2.05, 4.69) is 25.5 Å². The average Bonchev–Trinajstić information content (AvgIpc) is 3.50. The number of aromatic nitrogens is 2. The lowest BCUT2D eigenvalue weighted by molar-refractivity contribution is 0.0994. The quantitative estimate of drug-likeness (QED) is 0.479. The van der Waals surface area contributed by atoms with E-state index in [1.165, 1.54) is 23.8 Å². The third kappa shape index (κ3) is 4.18. The van der Waals surface area contributed by atoms with Gasteiger partial charge in [0.05, 0.1) is 35.4 Å². The molecular formula is C22H19N5O4S. The number of carbonyl (C=O) groups is 2. The number of carbonyl (C=O) groups excluding carboxylic acids is 2. The lowest BCUT2D eigenvalue weighted by Crippen LogP contribution is -2.36. The van der Waals surface area contributed by atoms with Crippen molar-refractivity contribution in [3.05, 3.63) is 66.4 Å². The maximum atomic E-state index is 12.7. The van der Waals surface area contributed by atoms with Gasteiger partial charge in [0.15, 0.2) is 10.9 Å². The normalized spacial score (nSPS) is 13.8. The first kappa shape index (κ1) is 20.2. The van der Waals surface area contributed by atoms with E-state index in [0.29, 0.717) is 42.7 Å². The first-order valence-corrected chi connectivity index (χ1v) is 10.8. The van der Waals surface area contributed by atoms with E-state index in [1.807, 2.05) is 12.1 Å². The van der Waals surface area contributed by atoms with Crippen molar-refractivity contribution in [1.29, 1.82) is 0 Å². The third-order valence-electron chi connectivity index (χ3n) is 4.97. The summed E-state index contributed by atoms with van der Waals surface area (Å²) < 4.78 is 11.5. The highest BCUT2D eigenvalue weighted by Crippen LogP contribution is 2.36. The molecule has 4 heterocycles. The fourth-order valence-electron chi connectivity index (χ4n) is 3.45. The van der Waals surface area contributed by atoms with Crippen molar-refractivity contribution < 1.29 is 18.7 Å². The molecule has 0 atom stereocenters. The summed E-state index contributed by atoms with van der Waals surface area (Å²) in [5.74, 6) is -0.407. The number of ether oxygens (including phenoxy) is 1. The Hall–Kier alpha value is -3.76. The van der Waals surface area contributed by atoms with E-state index in [4.69, 9.17) is 9.15 Å². The topological polar surface area (TPSA) is 110 Å².